The zero-order chi connectivity index (χ0) is 18.3. The molecule has 0 radical (unpaired) electrons. The highest BCUT2D eigenvalue weighted by Crippen LogP contribution is 2.18. The molecule has 0 atom stereocenters. The number of hydrogen-bond donors (Lipinski definition) is 2. The number of hydrogen-bond acceptors (Lipinski definition) is 6. The molecule has 0 saturated carbocycles. The maximum absolute atomic E-state index is 5.75. The number of nitrogens with zero attached hydrogens (tertiary/aromatic N) is 4. The van der Waals surface area contributed by atoms with Crippen LogP contribution in [0.1, 0.15) is 52.5 Å². The zero-order valence-electron chi connectivity index (χ0n) is 16.5. The topological polar surface area (TPSA) is 70.3 Å². The maximum atomic E-state index is 5.75. The lowest BCUT2D eigenvalue weighted by molar-refractivity contribution is 0.0619. The van der Waals surface area contributed by atoms with E-state index in [4.69, 9.17) is 5.73 Å². The Morgan fingerprint density at radius 2 is 1.88 bits per heavy atom. The van der Waals surface area contributed by atoms with Gasteiger partial charge >= 0.3 is 0 Å². The van der Waals surface area contributed by atoms with Gasteiger partial charge in [-0.1, -0.05) is 13.3 Å². The van der Waals surface area contributed by atoms with Crippen molar-refractivity contribution in [2.45, 2.75) is 58.9 Å². The Morgan fingerprint density at radius 3 is 2.52 bits per heavy atom. The smallest absolute Gasteiger partial charge is 0.221 e. The summed E-state index contributed by atoms with van der Waals surface area (Å²) in [5.74, 6) is 1.26. The van der Waals surface area contributed by atoms with E-state index in [1.165, 1.54) is 12.0 Å². The molecule has 0 aliphatic carbocycles. The van der Waals surface area contributed by atoms with E-state index in [1.54, 1.807) is 0 Å². The maximum Gasteiger partial charge on any atom is 0.221 e. The van der Waals surface area contributed by atoms with Gasteiger partial charge in [0, 0.05) is 50.0 Å². The number of piperazine rings is 1. The number of unbranched alkanes of at least 4 members (excludes halogenated alkanes) is 1. The lowest BCUT2D eigenvalue weighted by Gasteiger charge is -2.42. The molecule has 6 nitrogen and oxygen atoms in total. The molecule has 0 spiro atoms. The van der Waals surface area contributed by atoms with E-state index >= 15 is 0 Å². The van der Waals surface area contributed by atoms with Crippen LogP contribution in [0, 0.1) is 0 Å². The van der Waals surface area contributed by atoms with Gasteiger partial charge in [0.1, 0.15) is 5.82 Å². The van der Waals surface area contributed by atoms with Gasteiger partial charge < -0.3 is 16.0 Å². The molecule has 1 aromatic rings. The minimum atomic E-state index is 0.284. The SMILES string of the molecule is CCCCNc1nc(N)ncc1CCCN1CCN(C(C)(C)C)CC1. The Hall–Kier alpha value is -1.40. The number of nitrogen functional groups attached to an aromatic ring is 1. The second-order valence-electron chi connectivity index (χ2n) is 7.99. The summed E-state index contributed by atoms with van der Waals surface area (Å²) in [7, 11) is 0. The standard InChI is InChI=1S/C19H36N6/c1-5-6-9-21-17-16(15-22-18(20)23-17)8-7-10-24-11-13-25(14-12-24)19(2,3)4/h15H,5-14H2,1-4H3,(H3,20,21,22,23). The lowest BCUT2D eigenvalue weighted by atomic mass is 10.0. The molecule has 0 unspecified atom stereocenters. The van der Waals surface area contributed by atoms with Crippen molar-refractivity contribution in [3.05, 3.63) is 11.8 Å². The number of aryl methyl sites for hydroxylation is 1. The van der Waals surface area contributed by atoms with E-state index in [1.807, 2.05) is 6.20 Å². The van der Waals surface area contributed by atoms with Crippen molar-refractivity contribution in [1.82, 2.24) is 19.8 Å². The summed E-state index contributed by atoms with van der Waals surface area (Å²) in [5.41, 5.74) is 7.21. The molecule has 0 bridgehead atoms. The van der Waals surface area contributed by atoms with Gasteiger partial charge in [0.2, 0.25) is 5.95 Å². The molecule has 1 fully saturated rings. The van der Waals surface area contributed by atoms with E-state index in [9.17, 15) is 0 Å². The third-order valence-electron chi connectivity index (χ3n) is 4.95. The first kappa shape index (κ1) is 19.9. The van der Waals surface area contributed by atoms with Crippen molar-refractivity contribution >= 4 is 11.8 Å². The fourth-order valence-corrected chi connectivity index (χ4v) is 3.28. The fraction of sp³-hybridized carbons (Fsp3) is 0.789. The van der Waals surface area contributed by atoms with E-state index < -0.39 is 0 Å². The van der Waals surface area contributed by atoms with Crippen LogP contribution < -0.4 is 11.1 Å². The first-order valence-electron chi connectivity index (χ1n) is 9.73. The largest absolute Gasteiger partial charge is 0.370 e. The van der Waals surface area contributed by atoms with Crippen LogP contribution in [0.15, 0.2) is 6.20 Å². The minimum Gasteiger partial charge on any atom is -0.370 e. The second kappa shape index (κ2) is 9.34. The van der Waals surface area contributed by atoms with Gasteiger partial charge in [-0.05, 0) is 46.6 Å². The van der Waals surface area contributed by atoms with Crippen molar-refractivity contribution in [1.29, 1.82) is 0 Å². The highest BCUT2D eigenvalue weighted by atomic mass is 15.3. The van der Waals surface area contributed by atoms with Crippen molar-refractivity contribution in [2.24, 2.45) is 0 Å². The first-order valence-corrected chi connectivity index (χ1v) is 9.73. The fourth-order valence-electron chi connectivity index (χ4n) is 3.28. The quantitative estimate of drug-likeness (QED) is 0.704. The van der Waals surface area contributed by atoms with E-state index in [2.05, 4.69) is 52.8 Å². The van der Waals surface area contributed by atoms with E-state index in [0.717, 1.165) is 64.3 Å². The molecule has 142 valence electrons. The van der Waals surface area contributed by atoms with Gasteiger partial charge in [-0.15, -0.1) is 0 Å². The van der Waals surface area contributed by atoms with Crippen molar-refractivity contribution in [3.8, 4) is 0 Å². The van der Waals surface area contributed by atoms with Crippen LogP contribution in [0.3, 0.4) is 0 Å². The predicted molar refractivity (Wildman–Crippen MR) is 106 cm³/mol. The highest BCUT2D eigenvalue weighted by molar-refractivity contribution is 5.46. The van der Waals surface area contributed by atoms with Crippen LogP contribution in [-0.4, -0.2) is 64.6 Å². The van der Waals surface area contributed by atoms with Gasteiger partial charge in [0.15, 0.2) is 0 Å². The number of anilines is 2. The summed E-state index contributed by atoms with van der Waals surface area (Å²) in [6.45, 7) is 15.8. The number of nitrogens with two attached hydrogens (primary N) is 1. The van der Waals surface area contributed by atoms with Crippen molar-refractivity contribution in [3.63, 3.8) is 0 Å². The summed E-state index contributed by atoms with van der Waals surface area (Å²) < 4.78 is 0. The summed E-state index contributed by atoms with van der Waals surface area (Å²) in [5, 5.41) is 3.41. The Bertz CT molecular complexity index is 517. The highest BCUT2D eigenvalue weighted by Gasteiger charge is 2.25. The molecule has 6 heteroatoms. The number of nitrogens with one attached hydrogen (secondary N) is 1. The zero-order valence-corrected chi connectivity index (χ0v) is 16.5. The van der Waals surface area contributed by atoms with Crippen LogP contribution in [-0.2, 0) is 6.42 Å². The number of aromatic nitrogens is 2. The van der Waals surface area contributed by atoms with Gasteiger partial charge in [-0.2, -0.15) is 4.98 Å². The van der Waals surface area contributed by atoms with E-state index in [0.29, 0.717) is 5.95 Å². The van der Waals surface area contributed by atoms with Crippen molar-refractivity contribution in [2.75, 3.05) is 50.3 Å². The van der Waals surface area contributed by atoms with Crippen molar-refractivity contribution < 1.29 is 0 Å². The van der Waals surface area contributed by atoms with Crippen LogP contribution >= 0.6 is 0 Å². The predicted octanol–water partition coefficient (Wildman–Crippen LogP) is 2.62. The molecular weight excluding hydrogens is 312 g/mol. The third-order valence-corrected chi connectivity index (χ3v) is 4.95. The molecule has 1 aliphatic heterocycles. The van der Waals surface area contributed by atoms with Gasteiger partial charge in [0.25, 0.3) is 0 Å². The monoisotopic (exact) mass is 348 g/mol. The lowest BCUT2D eigenvalue weighted by Crippen LogP contribution is -2.53. The summed E-state index contributed by atoms with van der Waals surface area (Å²) >= 11 is 0. The normalized spacial score (nSPS) is 17.0. The van der Waals surface area contributed by atoms with E-state index in [-0.39, 0.29) is 5.54 Å². The molecule has 1 aliphatic rings. The molecule has 25 heavy (non-hydrogen) atoms. The molecular formula is C19H36N6. The Labute approximate surface area is 153 Å². The van der Waals surface area contributed by atoms with Gasteiger partial charge in [-0.3, -0.25) is 4.90 Å². The second-order valence-corrected chi connectivity index (χ2v) is 7.99. The Morgan fingerprint density at radius 1 is 1.16 bits per heavy atom. The van der Waals surface area contributed by atoms with Gasteiger partial charge in [0.05, 0.1) is 0 Å². The molecule has 0 aromatic carbocycles. The van der Waals surface area contributed by atoms with Gasteiger partial charge in [-0.25, -0.2) is 4.98 Å². The molecule has 0 amide bonds. The molecule has 2 rings (SSSR count). The van der Waals surface area contributed by atoms with Crippen LogP contribution in [0.25, 0.3) is 0 Å². The molecule has 1 saturated heterocycles. The molecule has 2 heterocycles. The first-order chi connectivity index (χ1) is 11.9. The molecule has 1 aromatic heterocycles. The average Bonchev–Trinajstić information content (AvgIpc) is 2.56. The van der Waals surface area contributed by atoms with Crippen LogP contribution in [0.2, 0.25) is 0 Å². The molecule has 3 N–H and O–H groups in total. The minimum absolute atomic E-state index is 0.284. The third kappa shape index (κ3) is 6.44. The summed E-state index contributed by atoms with van der Waals surface area (Å²) in [6, 6.07) is 0. The van der Waals surface area contributed by atoms with Crippen LogP contribution in [0.5, 0.6) is 0 Å². The van der Waals surface area contributed by atoms with Crippen LogP contribution in [0.4, 0.5) is 11.8 Å². The Balaban J connectivity index is 1.78. The average molecular weight is 349 g/mol. The summed E-state index contributed by atoms with van der Waals surface area (Å²) in [6.07, 6.45) is 6.32. The Kier molecular flexibility index (Phi) is 7.44. The number of rotatable bonds is 8. The summed E-state index contributed by atoms with van der Waals surface area (Å²) in [4.78, 5) is 13.7.